The van der Waals surface area contributed by atoms with Gasteiger partial charge in [-0.3, -0.25) is 48.1 Å². The Morgan fingerprint density at radius 3 is 2.16 bits per heavy atom. The van der Waals surface area contributed by atoms with Gasteiger partial charge in [-0.1, -0.05) is 31.9 Å². The van der Waals surface area contributed by atoms with E-state index in [1.165, 1.54) is 12.1 Å². The number of nitrogens with one attached hydrogen (secondary N) is 5. The first kappa shape index (κ1) is 52.2. The number of rotatable bonds is 26. The van der Waals surface area contributed by atoms with Gasteiger partial charge in [0, 0.05) is 57.7 Å². The fourth-order valence-electron chi connectivity index (χ4n) is 6.56. The van der Waals surface area contributed by atoms with E-state index in [1.807, 2.05) is 6.92 Å². The van der Waals surface area contributed by atoms with E-state index >= 15 is 0 Å². The summed E-state index contributed by atoms with van der Waals surface area (Å²) in [5.41, 5.74) is 11.4. The maximum atomic E-state index is 14.0. The number of guanidine groups is 1. The van der Waals surface area contributed by atoms with Gasteiger partial charge in [0.05, 0.1) is 19.0 Å². The van der Waals surface area contributed by atoms with Crippen LogP contribution in [0.3, 0.4) is 0 Å². The number of unbranched alkanes of at least 4 members (excludes halogenated alkanes) is 2. The van der Waals surface area contributed by atoms with Crippen molar-refractivity contribution in [2.45, 2.75) is 128 Å². The van der Waals surface area contributed by atoms with Gasteiger partial charge in [0.15, 0.2) is 17.5 Å². The van der Waals surface area contributed by atoms with E-state index in [-0.39, 0.29) is 87.3 Å². The van der Waals surface area contributed by atoms with Crippen molar-refractivity contribution < 1.29 is 58.1 Å². The number of nitrogens with two attached hydrogens (primary N) is 2. The number of carboxylic acid groups (broad SMARTS) is 1. The fraction of sp³-hybridized carbons (Fsp3) is 0.619. The predicted octanol–water partition coefficient (Wildman–Crippen LogP) is 0.205. The Hall–Kier alpha value is -5.92. The first-order valence-electron chi connectivity index (χ1n) is 21.2. The monoisotopic (exact) mass is 872 g/mol. The number of hydrogen-bond donors (Lipinski definition) is 9. The number of amides is 5. The molecule has 0 spiro atoms. The van der Waals surface area contributed by atoms with Gasteiger partial charge in [0.2, 0.25) is 29.5 Å². The number of ketones is 3. The highest BCUT2D eigenvalue weighted by Crippen LogP contribution is 2.19. The molecule has 0 saturated carbocycles. The molecule has 2 rings (SSSR count). The molecule has 1 aromatic rings. The molecule has 4 unspecified atom stereocenters. The average Bonchev–Trinajstić information content (AvgIpc) is 3.21. The van der Waals surface area contributed by atoms with Crippen molar-refractivity contribution in [3.63, 3.8) is 0 Å². The smallest absolute Gasteiger partial charge is 0.305 e. The zero-order valence-corrected chi connectivity index (χ0v) is 35.5. The van der Waals surface area contributed by atoms with Crippen LogP contribution in [0.15, 0.2) is 29.3 Å². The molecule has 62 heavy (non-hydrogen) atoms. The van der Waals surface area contributed by atoms with E-state index in [9.17, 15) is 53.4 Å². The SMILES string of the molecule is CCCC(=O)COCCCNC(=O)CCCC(=O)CCCCCC1NC(=O)C(Cc2ccc(O)cc2)CC(=O)C(CC(=O)O)NC(=O)CNC(=O)C(CCCN=C(N)N)NC1=O. The lowest BCUT2D eigenvalue weighted by Crippen LogP contribution is -2.55. The quantitative estimate of drug-likeness (QED) is 0.0342. The minimum absolute atomic E-state index is 0.0291. The van der Waals surface area contributed by atoms with Crippen molar-refractivity contribution in [1.29, 1.82) is 0 Å². The fourth-order valence-corrected chi connectivity index (χ4v) is 6.56. The number of aliphatic imine (C=N–C) groups is 1. The van der Waals surface area contributed by atoms with Crippen LogP contribution in [0.2, 0.25) is 0 Å². The van der Waals surface area contributed by atoms with Crippen LogP contribution in [-0.2, 0) is 54.3 Å². The van der Waals surface area contributed by atoms with Gasteiger partial charge in [-0.25, -0.2) is 0 Å². The molecule has 20 nitrogen and oxygen atoms in total. The summed E-state index contributed by atoms with van der Waals surface area (Å²) >= 11 is 0. The molecule has 1 aliphatic heterocycles. The summed E-state index contributed by atoms with van der Waals surface area (Å²) < 4.78 is 5.31. The van der Waals surface area contributed by atoms with Crippen LogP contribution in [-0.4, -0.2) is 120 Å². The zero-order chi connectivity index (χ0) is 45.9. The van der Waals surface area contributed by atoms with Gasteiger partial charge in [0.1, 0.15) is 30.2 Å². The molecule has 11 N–H and O–H groups in total. The number of aromatic hydroxyl groups is 1. The summed E-state index contributed by atoms with van der Waals surface area (Å²) in [6.45, 7) is 2.20. The van der Waals surface area contributed by atoms with Crippen molar-refractivity contribution in [2.24, 2.45) is 22.4 Å². The Kier molecular flexibility index (Phi) is 24.7. The van der Waals surface area contributed by atoms with Crippen molar-refractivity contribution in [3.05, 3.63) is 29.8 Å². The maximum absolute atomic E-state index is 14.0. The van der Waals surface area contributed by atoms with E-state index in [1.54, 1.807) is 12.1 Å². The molecule has 1 fully saturated rings. The molecule has 1 aliphatic rings. The van der Waals surface area contributed by atoms with Crippen LogP contribution in [0.1, 0.15) is 109 Å². The van der Waals surface area contributed by atoms with Crippen LogP contribution in [0.25, 0.3) is 0 Å². The van der Waals surface area contributed by atoms with Crippen LogP contribution < -0.4 is 38.1 Å². The lowest BCUT2D eigenvalue weighted by Gasteiger charge is -2.25. The predicted molar refractivity (Wildman–Crippen MR) is 226 cm³/mol. The number of hydrogen-bond acceptors (Lipinski definition) is 12. The number of carbonyl (C=O) groups is 9. The van der Waals surface area contributed by atoms with Gasteiger partial charge in [0.25, 0.3) is 0 Å². The Morgan fingerprint density at radius 2 is 1.47 bits per heavy atom. The standard InChI is InChI=1S/C42H64N8O12/c1-2-9-31(53)26-62-21-8-20-45-36(55)14-6-11-29(51)10-4-3-5-12-33-41(61)50-32(13-7-19-46-42(43)44)40(60)47-25-37(56)48-34(24-38(57)58)35(54)23-28(39(59)49-33)22-27-15-17-30(52)18-16-27/h15-18,28,32-34,52H,2-14,19-26H2,1H3,(H,45,55)(H,47,60)(H,48,56)(H,49,59)(H,50,61)(H,57,58)(H4,43,44,46). The van der Waals surface area contributed by atoms with Gasteiger partial charge in [-0.2, -0.15) is 0 Å². The Labute approximate surface area is 361 Å². The number of carboxylic acids is 1. The molecule has 5 amide bonds. The minimum Gasteiger partial charge on any atom is -0.508 e. The summed E-state index contributed by atoms with van der Waals surface area (Å²) in [4.78, 5) is 119. The lowest BCUT2D eigenvalue weighted by molar-refractivity contribution is -0.140. The van der Waals surface area contributed by atoms with Gasteiger partial charge >= 0.3 is 5.97 Å². The number of phenols is 1. The Morgan fingerprint density at radius 1 is 0.790 bits per heavy atom. The van der Waals surface area contributed by atoms with Crippen molar-refractivity contribution >= 4 is 58.8 Å². The van der Waals surface area contributed by atoms with E-state index in [4.69, 9.17) is 16.2 Å². The van der Waals surface area contributed by atoms with E-state index in [0.717, 1.165) is 6.42 Å². The molecular formula is C42H64N8O12. The number of ether oxygens (including phenoxy) is 1. The molecule has 0 radical (unpaired) electrons. The second-order valence-electron chi connectivity index (χ2n) is 15.3. The Bertz CT molecular complexity index is 1700. The number of benzene rings is 1. The summed E-state index contributed by atoms with van der Waals surface area (Å²) in [6.07, 6.45) is 3.11. The van der Waals surface area contributed by atoms with E-state index in [2.05, 4.69) is 31.6 Å². The van der Waals surface area contributed by atoms with Crippen molar-refractivity contribution in [3.8, 4) is 5.75 Å². The molecule has 1 aromatic carbocycles. The van der Waals surface area contributed by atoms with Gasteiger partial charge in [-0.15, -0.1) is 0 Å². The molecule has 1 heterocycles. The number of phenolic OH excluding ortho intramolecular Hbond substituents is 1. The number of carbonyl (C=O) groups excluding carboxylic acids is 8. The van der Waals surface area contributed by atoms with Crippen molar-refractivity contribution in [1.82, 2.24) is 26.6 Å². The highest BCUT2D eigenvalue weighted by atomic mass is 16.5. The normalized spacial score (nSPS) is 18.8. The lowest BCUT2D eigenvalue weighted by atomic mass is 9.90. The van der Waals surface area contributed by atoms with Crippen molar-refractivity contribution in [2.75, 3.05) is 32.8 Å². The largest absolute Gasteiger partial charge is 0.508 e. The second kappa shape index (κ2) is 29.4. The van der Waals surface area contributed by atoms with E-state index in [0.29, 0.717) is 57.2 Å². The Balaban J connectivity index is 2.12. The third-order valence-corrected chi connectivity index (χ3v) is 9.86. The number of aliphatic carboxylic acids is 1. The third-order valence-electron chi connectivity index (χ3n) is 9.86. The van der Waals surface area contributed by atoms with Crippen LogP contribution in [0.4, 0.5) is 0 Å². The van der Waals surface area contributed by atoms with Gasteiger partial charge in [-0.05, 0) is 69.1 Å². The highest BCUT2D eigenvalue weighted by molar-refractivity contribution is 5.98. The minimum atomic E-state index is -1.53. The number of nitrogens with zero attached hydrogens (tertiary/aromatic N) is 1. The molecular weight excluding hydrogens is 809 g/mol. The molecule has 344 valence electrons. The summed E-state index contributed by atoms with van der Waals surface area (Å²) in [5.74, 6) is -6.76. The van der Waals surface area contributed by atoms with E-state index < -0.39 is 78.8 Å². The molecule has 20 heteroatoms. The van der Waals surface area contributed by atoms with Crippen LogP contribution in [0, 0.1) is 5.92 Å². The second-order valence-corrected chi connectivity index (χ2v) is 15.3. The maximum Gasteiger partial charge on any atom is 0.305 e. The van der Waals surface area contributed by atoms with Crippen LogP contribution in [0.5, 0.6) is 5.75 Å². The van der Waals surface area contributed by atoms with Gasteiger partial charge < -0.3 is 53.0 Å². The topological polar surface area (TPSA) is 328 Å². The first-order valence-corrected chi connectivity index (χ1v) is 21.2. The summed E-state index contributed by atoms with van der Waals surface area (Å²) in [5, 5.41) is 32.2. The first-order chi connectivity index (χ1) is 29.6. The molecule has 0 aromatic heterocycles. The number of Topliss-reactive ketones (excluding diaryl/α,β-unsaturated/α-hetero) is 3. The third kappa shape index (κ3) is 22.6. The van der Waals surface area contributed by atoms with Crippen LogP contribution >= 0.6 is 0 Å². The molecule has 1 saturated heterocycles. The summed E-state index contributed by atoms with van der Waals surface area (Å²) in [6, 6.07) is 1.92. The highest BCUT2D eigenvalue weighted by Gasteiger charge is 2.33. The molecule has 0 aliphatic carbocycles. The summed E-state index contributed by atoms with van der Waals surface area (Å²) in [7, 11) is 0. The zero-order valence-electron chi connectivity index (χ0n) is 35.5. The molecule has 4 atom stereocenters. The molecule has 0 bridgehead atoms. The average molecular weight is 873 g/mol.